The van der Waals surface area contributed by atoms with E-state index in [2.05, 4.69) is 13.0 Å². The summed E-state index contributed by atoms with van der Waals surface area (Å²) in [6, 6.07) is 8.83. The van der Waals surface area contributed by atoms with Gasteiger partial charge in [-0.3, -0.25) is 0 Å². The third-order valence-corrected chi connectivity index (χ3v) is 4.20. The zero-order chi connectivity index (χ0) is 16.6. The lowest BCUT2D eigenvalue weighted by atomic mass is 9.91. The van der Waals surface area contributed by atoms with E-state index in [4.69, 9.17) is 9.47 Å². The maximum atomic E-state index is 9.74. The van der Waals surface area contributed by atoms with Crippen LogP contribution < -0.4 is 9.47 Å². The molecule has 0 saturated heterocycles. The molecule has 0 unspecified atom stereocenters. The van der Waals surface area contributed by atoms with Crippen LogP contribution in [0.1, 0.15) is 42.6 Å². The highest BCUT2D eigenvalue weighted by Crippen LogP contribution is 2.51. The van der Waals surface area contributed by atoms with Crippen molar-refractivity contribution in [3.05, 3.63) is 53.1 Å². The van der Waals surface area contributed by atoms with Crippen LogP contribution in [0.3, 0.4) is 0 Å². The highest BCUT2D eigenvalue weighted by atomic mass is 16.5. The maximum absolute atomic E-state index is 9.74. The molecule has 2 N–H and O–H groups in total. The summed E-state index contributed by atoms with van der Waals surface area (Å²) in [7, 11) is 1.63. The first kappa shape index (κ1) is 15.3. The Morgan fingerprint density at radius 2 is 1.91 bits per heavy atom. The third-order valence-electron chi connectivity index (χ3n) is 4.20. The first-order valence-corrected chi connectivity index (χ1v) is 7.58. The van der Waals surface area contributed by atoms with Gasteiger partial charge in [0.25, 0.3) is 0 Å². The largest absolute Gasteiger partial charge is 0.504 e. The summed E-state index contributed by atoms with van der Waals surface area (Å²) in [6.07, 6.45) is 3.78. The minimum Gasteiger partial charge on any atom is -0.504 e. The van der Waals surface area contributed by atoms with Crippen LogP contribution in [0.2, 0.25) is 0 Å². The molecule has 3 rings (SSSR count). The Balaban J connectivity index is 2.03. The molecule has 0 fully saturated rings. The van der Waals surface area contributed by atoms with E-state index in [1.165, 1.54) is 6.07 Å². The molecule has 0 radical (unpaired) electrons. The number of fused-ring (bicyclic) bond motifs is 1. The summed E-state index contributed by atoms with van der Waals surface area (Å²) in [5.41, 5.74) is 2.96. The molecule has 0 saturated carbocycles. The van der Waals surface area contributed by atoms with Gasteiger partial charge in [0.1, 0.15) is 6.10 Å². The molecule has 0 bridgehead atoms. The lowest BCUT2D eigenvalue weighted by molar-refractivity contribution is 0.207. The molecule has 2 atom stereocenters. The van der Waals surface area contributed by atoms with Gasteiger partial charge >= 0.3 is 0 Å². The Bertz CT molecular complexity index is 764. The fourth-order valence-corrected chi connectivity index (χ4v) is 3.02. The quantitative estimate of drug-likeness (QED) is 0.826. The Morgan fingerprint density at radius 3 is 2.57 bits per heavy atom. The minimum atomic E-state index is -0.230. The van der Waals surface area contributed by atoms with Crippen LogP contribution in [0.25, 0.3) is 6.08 Å². The van der Waals surface area contributed by atoms with Gasteiger partial charge in [-0.05, 0) is 42.3 Å². The highest BCUT2D eigenvalue weighted by molar-refractivity contribution is 5.62. The molecule has 1 aliphatic rings. The number of methoxy groups -OCH3 is 1. The molecule has 0 aliphatic carbocycles. The van der Waals surface area contributed by atoms with E-state index >= 15 is 0 Å². The van der Waals surface area contributed by atoms with Crippen molar-refractivity contribution in [3.63, 3.8) is 0 Å². The zero-order valence-electron chi connectivity index (χ0n) is 13.4. The van der Waals surface area contributed by atoms with Crippen LogP contribution in [0.15, 0.2) is 36.4 Å². The summed E-state index contributed by atoms with van der Waals surface area (Å²) in [5.74, 6) is 1.27. The zero-order valence-corrected chi connectivity index (χ0v) is 13.4. The van der Waals surface area contributed by atoms with Crippen molar-refractivity contribution in [2.75, 3.05) is 7.11 Å². The molecule has 1 aliphatic heterocycles. The summed E-state index contributed by atoms with van der Waals surface area (Å²) < 4.78 is 11.6. The predicted molar refractivity (Wildman–Crippen MR) is 89.3 cm³/mol. The van der Waals surface area contributed by atoms with Crippen molar-refractivity contribution in [1.29, 1.82) is 0 Å². The number of phenolic OH excluding ortho intramolecular Hbond substituents is 2. The molecule has 120 valence electrons. The molecular weight excluding hydrogens is 292 g/mol. The summed E-state index contributed by atoms with van der Waals surface area (Å²) in [5, 5.41) is 19.2. The monoisotopic (exact) mass is 312 g/mol. The van der Waals surface area contributed by atoms with Gasteiger partial charge in [-0.15, -0.1) is 0 Å². The Morgan fingerprint density at radius 1 is 1.13 bits per heavy atom. The first-order valence-electron chi connectivity index (χ1n) is 7.58. The first-order chi connectivity index (χ1) is 11.0. The fourth-order valence-electron chi connectivity index (χ4n) is 3.02. The van der Waals surface area contributed by atoms with E-state index in [1.54, 1.807) is 19.2 Å². The second-order valence-electron chi connectivity index (χ2n) is 5.72. The van der Waals surface area contributed by atoms with Crippen molar-refractivity contribution < 1.29 is 19.7 Å². The number of aromatic hydroxyl groups is 2. The van der Waals surface area contributed by atoms with Crippen molar-refractivity contribution in [2.24, 2.45) is 0 Å². The molecule has 0 aromatic heterocycles. The van der Waals surface area contributed by atoms with Crippen LogP contribution in [0.4, 0.5) is 0 Å². The molecule has 0 spiro atoms. The third kappa shape index (κ3) is 2.61. The number of phenols is 2. The minimum absolute atomic E-state index is 0.105. The van der Waals surface area contributed by atoms with Gasteiger partial charge in [0.15, 0.2) is 23.0 Å². The van der Waals surface area contributed by atoms with Gasteiger partial charge in [0.05, 0.1) is 7.11 Å². The molecule has 2 aromatic carbocycles. The van der Waals surface area contributed by atoms with E-state index in [-0.39, 0.29) is 23.5 Å². The van der Waals surface area contributed by atoms with E-state index in [9.17, 15) is 10.2 Å². The van der Waals surface area contributed by atoms with Crippen molar-refractivity contribution in [3.8, 4) is 23.0 Å². The molecule has 4 nitrogen and oxygen atoms in total. The summed E-state index contributed by atoms with van der Waals surface area (Å²) >= 11 is 0. The molecular formula is C19H20O4. The van der Waals surface area contributed by atoms with E-state index in [1.807, 2.05) is 25.1 Å². The Labute approximate surface area is 135 Å². The highest BCUT2D eigenvalue weighted by Gasteiger charge is 2.35. The lowest BCUT2D eigenvalue weighted by Crippen LogP contribution is -2.07. The Kier molecular flexibility index (Phi) is 3.90. The van der Waals surface area contributed by atoms with Crippen LogP contribution in [0.5, 0.6) is 23.0 Å². The van der Waals surface area contributed by atoms with Crippen LogP contribution in [-0.2, 0) is 0 Å². The number of hydrogen-bond acceptors (Lipinski definition) is 4. The number of hydrogen-bond donors (Lipinski definition) is 2. The van der Waals surface area contributed by atoms with Crippen LogP contribution in [-0.4, -0.2) is 17.3 Å². The summed E-state index contributed by atoms with van der Waals surface area (Å²) in [4.78, 5) is 0. The van der Waals surface area contributed by atoms with E-state index in [0.29, 0.717) is 5.75 Å². The molecule has 1 heterocycles. The topological polar surface area (TPSA) is 58.9 Å². The van der Waals surface area contributed by atoms with Gasteiger partial charge in [0.2, 0.25) is 0 Å². The average molecular weight is 312 g/mol. The maximum Gasteiger partial charge on any atom is 0.165 e. The van der Waals surface area contributed by atoms with E-state index in [0.717, 1.165) is 22.4 Å². The lowest BCUT2D eigenvalue weighted by Gasteiger charge is -2.16. The normalized spacial score (nSPS) is 19.6. The van der Waals surface area contributed by atoms with Crippen molar-refractivity contribution in [1.82, 2.24) is 0 Å². The average Bonchev–Trinajstić information content (AvgIpc) is 2.87. The predicted octanol–water partition coefficient (Wildman–Crippen LogP) is 4.38. The van der Waals surface area contributed by atoms with Crippen molar-refractivity contribution >= 4 is 6.08 Å². The summed E-state index contributed by atoms with van der Waals surface area (Å²) in [6.45, 7) is 4.06. The van der Waals surface area contributed by atoms with E-state index < -0.39 is 0 Å². The second kappa shape index (κ2) is 5.88. The Hall–Kier alpha value is -2.62. The standard InChI is InChI=1S/C19H20O4/c1-4-5-12-8-14-11(2)18(23-19(14)17(9-12)22-3)13-6-7-15(20)16(21)10-13/h4-11,18,20-21H,1-3H3/b5-4+/t11-,18-/m1/s1. The van der Waals surface area contributed by atoms with Gasteiger partial charge in [0, 0.05) is 11.5 Å². The number of ether oxygens (including phenoxy) is 2. The van der Waals surface area contributed by atoms with Crippen molar-refractivity contribution in [2.45, 2.75) is 25.9 Å². The van der Waals surface area contributed by atoms with Crippen LogP contribution in [0, 0.1) is 0 Å². The fraction of sp³-hybridized carbons (Fsp3) is 0.263. The second-order valence-corrected chi connectivity index (χ2v) is 5.72. The van der Waals surface area contributed by atoms with Gasteiger partial charge < -0.3 is 19.7 Å². The molecule has 23 heavy (non-hydrogen) atoms. The molecule has 0 amide bonds. The van der Waals surface area contributed by atoms with Gasteiger partial charge in [-0.2, -0.15) is 0 Å². The molecule has 2 aromatic rings. The van der Waals surface area contributed by atoms with Crippen LogP contribution >= 0.6 is 0 Å². The number of benzene rings is 2. The smallest absolute Gasteiger partial charge is 0.165 e. The SMILES string of the molecule is C/C=C/c1cc(OC)c2c(c1)[C@@H](C)[C@H](c1ccc(O)c(O)c1)O2. The number of allylic oxidation sites excluding steroid dienone is 1. The molecule has 4 heteroatoms. The number of rotatable bonds is 3. The van der Waals surface area contributed by atoms with Gasteiger partial charge in [-0.1, -0.05) is 25.1 Å². The van der Waals surface area contributed by atoms with Gasteiger partial charge in [-0.25, -0.2) is 0 Å².